The summed E-state index contributed by atoms with van der Waals surface area (Å²) in [4.78, 5) is 14.6. The average molecular weight is 796 g/mol. The molecule has 62 heavy (non-hydrogen) atoms. The van der Waals surface area contributed by atoms with Crippen LogP contribution in [0.15, 0.2) is 215 Å². The minimum Gasteiger partial charge on any atom is -0.388 e. The Bertz CT molecular complexity index is 3420. The third-order valence-corrected chi connectivity index (χ3v) is 12.1. The molecule has 9 aromatic carbocycles. The number of nitrogens with zero attached hydrogens (tertiary/aromatic N) is 4. The summed E-state index contributed by atoms with van der Waals surface area (Å²) in [6.07, 6.45) is 0.909. The van der Waals surface area contributed by atoms with E-state index in [9.17, 15) is 0 Å². The zero-order valence-electron chi connectivity index (χ0n) is 34.3. The molecule has 0 spiro atoms. The lowest BCUT2D eigenvalue weighted by atomic mass is 9.82. The molecule has 0 fully saturated rings. The molecule has 1 N–H and O–H groups in total. The maximum absolute atomic E-state index is 5.28. The van der Waals surface area contributed by atoms with Gasteiger partial charge in [0.15, 0.2) is 11.7 Å². The number of rotatable bonds is 7. The van der Waals surface area contributed by atoms with Gasteiger partial charge in [-0.2, -0.15) is 0 Å². The summed E-state index contributed by atoms with van der Waals surface area (Å²) in [5.74, 6) is 1.06. The Morgan fingerprint density at radius 1 is 0.500 bits per heavy atom. The second kappa shape index (κ2) is 15.5. The van der Waals surface area contributed by atoms with Gasteiger partial charge >= 0.3 is 0 Å². The Balaban J connectivity index is 1.10. The van der Waals surface area contributed by atoms with E-state index in [-0.39, 0.29) is 0 Å². The molecular weight excluding hydrogens is 755 g/mol. The molecule has 294 valence electrons. The Hall–Kier alpha value is -8.15. The van der Waals surface area contributed by atoms with Gasteiger partial charge in [0, 0.05) is 51.4 Å². The second-order valence-electron chi connectivity index (χ2n) is 15.7. The molecule has 0 saturated carbocycles. The van der Waals surface area contributed by atoms with Crippen molar-refractivity contribution in [3.8, 4) is 39.1 Å². The van der Waals surface area contributed by atoms with Gasteiger partial charge in [-0.25, -0.2) is 15.0 Å². The van der Waals surface area contributed by atoms with E-state index < -0.39 is 0 Å². The van der Waals surface area contributed by atoms with Crippen molar-refractivity contribution in [3.05, 3.63) is 222 Å². The van der Waals surface area contributed by atoms with E-state index in [4.69, 9.17) is 9.98 Å². The van der Waals surface area contributed by atoms with Crippen molar-refractivity contribution in [1.82, 2.24) is 4.57 Å². The lowest BCUT2D eigenvalue weighted by Crippen LogP contribution is -2.04. The third-order valence-electron chi connectivity index (χ3n) is 12.1. The number of fused-ring (bicyclic) bond motifs is 6. The first kappa shape index (κ1) is 36.9. The van der Waals surface area contributed by atoms with Gasteiger partial charge in [-0.3, -0.25) is 0 Å². The summed E-state index contributed by atoms with van der Waals surface area (Å²) < 4.78 is 2.44. The molecule has 1 aliphatic carbocycles. The highest BCUT2D eigenvalue weighted by Gasteiger charge is 2.24. The zero-order chi connectivity index (χ0) is 41.6. The molecule has 5 heteroatoms. The van der Waals surface area contributed by atoms with E-state index in [2.05, 4.69) is 155 Å². The van der Waals surface area contributed by atoms with Crippen molar-refractivity contribution in [2.24, 2.45) is 15.0 Å². The molecule has 0 unspecified atom stereocenters. The summed E-state index contributed by atoms with van der Waals surface area (Å²) in [5, 5.41) is 8.61. The molecule has 11 rings (SSSR count). The molecule has 0 aliphatic heterocycles. The van der Waals surface area contributed by atoms with Crippen LogP contribution in [0.4, 0.5) is 11.4 Å². The second-order valence-corrected chi connectivity index (χ2v) is 15.7. The maximum atomic E-state index is 5.28. The number of benzene rings is 9. The first-order chi connectivity index (χ1) is 30.7. The quantitative estimate of drug-likeness (QED) is 0.127. The van der Waals surface area contributed by atoms with Gasteiger partial charge in [0.2, 0.25) is 0 Å². The van der Waals surface area contributed by atoms with Gasteiger partial charge in [-0.15, -0.1) is 0 Å². The normalized spacial score (nSPS) is 12.5. The van der Waals surface area contributed by atoms with Gasteiger partial charge in [0.1, 0.15) is 0 Å². The smallest absolute Gasteiger partial charge is 0.162 e. The van der Waals surface area contributed by atoms with E-state index >= 15 is 0 Å². The number of aromatic nitrogens is 1. The third kappa shape index (κ3) is 6.30. The lowest BCUT2D eigenvalue weighted by molar-refractivity contribution is 1.16. The number of hydrogen-bond donors (Lipinski definition) is 1. The molecule has 1 aliphatic rings. The Kier molecular flexibility index (Phi) is 9.20. The minimum atomic E-state index is 0.509. The molecule has 0 atom stereocenters. The van der Waals surface area contributed by atoms with Crippen molar-refractivity contribution >= 4 is 62.3 Å². The molecule has 0 amide bonds. The predicted molar refractivity (Wildman–Crippen MR) is 262 cm³/mol. The lowest BCUT2D eigenvalue weighted by Gasteiger charge is -2.22. The molecule has 1 heterocycles. The van der Waals surface area contributed by atoms with Crippen LogP contribution in [0.1, 0.15) is 22.3 Å². The van der Waals surface area contributed by atoms with Gasteiger partial charge in [0.25, 0.3) is 0 Å². The Morgan fingerprint density at radius 3 is 1.90 bits per heavy atom. The van der Waals surface area contributed by atoms with Gasteiger partial charge in [-0.1, -0.05) is 152 Å². The van der Waals surface area contributed by atoms with Gasteiger partial charge in [-0.05, 0) is 106 Å². The average Bonchev–Trinajstić information content (AvgIpc) is 3.67. The van der Waals surface area contributed by atoms with Crippen LogP contribution in [0.3, 0.4) is 0 Å². The molecule has 0 radical (unpaired) electrons. The fourth-order valence-electron chi connectivity index (χ4n) is 9.31. The molecule has 5 nitrogen and oxygen atoms in total. The van der Waals surface area contributed by atoms with Crippen LogP contribution in [-0.4, -0.2) is 30.0 Å². The van der Waals surface area contributed by atoms with Crippen LogP contribution in [0.2, 0.25) is 0 Å². The number of aliphatic imine (C=N–C) groups is 3. The van der Waals surface area contributed by atoms with Crippen LogP contribution in [0.25, 0.3) is 71.6 Å². The summed E-state index contributed by atoms with van der Waals surface area (Å²) in [6.45, 7) is 3.86. The first-order valence-electron chi connectivity index (χ1n) is 21.0. The van der Waals surface area contributed by atoms with Crippen LogP contribution in [0.5, 0.6) is 0 Å². The fourth-order valence-corrected chi connectivity index (χ4v) is 9.31. The van der Waals surface area contributed by atoms with Crippen LogP contribution in [-0.2, 0) is 6.42 Å². The van der Waals surface area contributed by atoms with Crippen LogP contribution < -0.4 is 5.32 Å². The van der Waals surface area contributed by atoms with Crippen molar-refractivity contribution < 1.29 is 0 Å². The predicted octanol–water partition coefficient (Wildman–Crippen LogP) is 14.1. The van der Waals surface area contributed by atoms with Gasteiger partial charge in [0.05, 0.1) is 16.7 Å². The first-order valence-corrected chi connectivity index (χ1v) is 21.0. The number of nitrogens with one attached hydrogen (secondary N) is 1. The van der Waals surface area contributed by atoms with Crippen LogP contribution in [0, 0.1) is 0 Å². The standard InChI is InChI=1S/C57H41N5/c1-58-50-31-29-39(34-48(50)45-25-14-15-28-51(45)60-57(38-19-8-4-9-20-38)61-56(59-2)37-17-6-3-7-18-37)40-30-32-52-49(35-40)55-47-27-16-26-46-44-24-13-12-21-41(44)33-42(54(46)47)36-53(55)62(52)43-22-10-5-11-23-43/h3-32,34-36,58H,2,33H2,1H3. The van der Waals surface area contributed by atoms with E-state index in [0.717, 1.165) is 56.9 Å². The van der Waals surface area contributed by atoms with Crippen molar-refractivity contribution in [1.29, 1.82) is 0 Å². The van der Waals surface area contributed by atoms with E-state index in [0.29, 0.717) is 11.7 Å². The zero-order valence-corrected chi connectivity index (χ0v) is 34.3. The molecular formula is C57H41N5. The summed E-state index contributed by atoms with van der Waals surface area (Å²) in [7, 11) is 1.97. The topological polar surface area (TPSA) is 54.0 Å². The number of amidine groups is 2. The SMILES string of the molecule is C=NC(=NC(=Nc1ccccc1-c1cc(-c2ccc3c(c2)c2c4cccc5c4c(cc2n3-c2ccccc2)Cc2ccccc2-5)ccc1NC)c1ccccc1)c1ccccc1. The maximum Gasteiger partial charge on any atom is 0.162 e. The molecule has 0 bridgehead atoms. The highest BCUT2D eigenvalue weighted by Crippen LogP contribution is 2.46. The number of para-hydroxylation sites is 2. The largest absolute Gasteiger partial charge is 0.388 e. The highest BCUT2D eigenvalue weighted by atomic mass is 15.0. The van der Waals surface area contributed by atoms with E-state index in [1.54, 1.807) is 0 Å². The molecule has 10 aromatic rings. The monoisotopic (exact) mass is 795 g/mol. The fraction of sp³-hybridized carbons (Fsp3) is 0.0351. The summed E-state index contributed by atoms with van der Waals surface area (Å²) >= 11 is 0. The molecule has 0 saturated heterocycles. The highest BCUT2D eigenvalue weighted by molar-refractivity contribution is 6.25. The minimum absolute atomic E-state index is 0.509. The number of anilines is 1. The Morgan fingerprint density at radius 2 is 1.15 bits per heavy atom. The Labute approximate surface area is 360 Å². The summed E-state index contributed by atoms with van der Waals surface area (Å²) in [5.41, 5.74) is 16.8. The van der Waals surface area contributed by atoms with Crippen LogP contribution >= 0.6 is 0 Å². The van der Waals surface area contributed by atoms with Gasteiger partial charge < -0.3 is 9.88 Å². The van der Waals surface area contributed by atoms with Crippen molar-refractivity contribution in [2.75, 3.05) is 12.4 Å². The van der Waals surface area contributed by atoms with E-state index in [1.165, 1.54) is 54.8 Å². The van der Waals surface area contributed by atoms with Crippen molar-refractivity contribution in [3.63, 3.8) is 0 Å². The summed E-state index contributed by atoms with van der Waals surface area (Å²) in [6, 6.07) is 70.8. The molecule has 1 aromatic heterocycles. The number of hydrogen-bond acceptors (Lipinski definition) is 2. The van der Waals surface area contributed by atoms with E-state index in [1.807, 2.05) is 73.8 Å². The van der Waals surface area contributed by atoms with Crippen molar-refractivity contribution in [2.45, 2.75) is 6.42 Å².